The Labute approximate surface area is 182 Å². The number of carbonyl (C=O) groups is 1. The molecular formula is C23H29N3O5. The lowest BCUT2D eigenvalue weighted by Gasteiger charge is -2.36. The number of nitrogens with zero attached hydrogens (tertiary/aromatic N) is 1. The smallest absolute Gasteiger partial charge is 0.319 e. The highest BCUT2D eigenvalue weighted by atomic mass is 16.6. The van der Waals surface area contributed by atoms with Gasteiger partial charge in [-0.1, -0.05) is 12.1 Å². The minimum absolute atomic E-state index is 0.104. The quantitative estimate of drug-likeness (QED) is 0.656. The number of rotatable bonds is 6. The van der Waals surface area contributed by atoms with Crippen molar-refractivity contribution >= 4 is 11.7 Å². The lowest BCUT2D eigenvalue weighted by molar-refractivity contribution is -0.0282. The van der Waals surface area contributed by atoms with E-state index in [2.05, 4.69) is 15.5 Å². The number of likely N-dealkylation sites (tertiary alicyclic amines) is 1. The van der Waals surface area contributed by atoms with Gasteiger partial charge in [-0.3, -0.25) is 0 Å². The van der Waals surface area contributed by atoms with Crippen molar-refractivity contribution in [3.05, 3.63) is 48.5 Å². The van der Waals surface area contributed by atoms with Crippen LogP contribution in [0.5, 0.6) is 17.2 Å². The summed E-state index contributed by atoms with van der Waals surface area (Å²) in [5.74, 6) is 2.13. The molecule has 8 heteroatoms. The highest BCUT2D eigenvalue weighted by Crippen LogP contribution is 2.31. The van der Waals surface area contributed by atoms with E-state index in [1.807, 2.05) is 24.3 Å². The summed E-state index contributed by atoms with van der Waals surface area (Å²) in [6.45, 7) is 2.45. The fourth-order valence-corrected chi connectivity index (χ4v) is 3.89. The van der Waals surface area contributed by atoms with Gasteiger partial charge in [0.2, 0.25) is 0 Å². The first-order valence-electron chi connectivity index (χ1n) is 10.6. The van der Waals surface area contributed by atoms with Gasteiger partial charge in [-0.15, -0.1) is 0 Å². The predicted molar refractivity (Wildman–Crippen MR) is 117 cm³/mol. The molecule has 0 aromatic heterocycles. The lowest BCUT2D eigenvalue weighted by atomic mass is 10.0. The van der Waals surface area contributed by atoms with Gasteiger partial charge < -0.3 is 34.9 Å². The van der Waals surface area contributed by atoms with Gasteiger partial charge >= 0.3 is 6.03 Å². The maximum Gasteiger partial charge on any atom is 0.319 e. The van der Waals surface area contributed by atoms with E-state index in [1.54, 1.807) is 31.4 Å². The Morgan fingerprint density at radius 3 is 2.58 bits per heavy atom. The van der Waals surface area contributed by atoms with Gasteiger partial charge in [-0.2, -0.15) is 0 Å². The summed E-state index contributed by atoms with van der Waals surface area (Å²) >= 11 is 0. The monoisotopic (exact) mass is 427 g/mol. The van der Waals surface area contributed by atoms with Crippen LogP contribution in [0.3, 0.4) is 0 Å². The maximum absolute atomic E-state index is 12.3. The minimum Gasteiger partial charge on any atom is -0.497 e. The van der Waals surface area contributed by atoms with E-state index in [-0.39, 0.29) is 18.2 Å². The second kappa shape index (κ2) is 9.89. The maximum atomic E-state index is 12.3. The Kier molecular flexibility index (Phi) is 6.79. The Morgan fingerprint density at radius 2 is 1.87 bits per heavy atom. The van der Waals surface area contributed by atoms with Gasteiger partial charge in [0.1, 0.15) is 18.5 Å². The molecule has 2 aromatic carbocycles. The molecule has 2 amide bonds. The Morgan fingerprint density at radius 1 is 1.16 bits per heavy atom. The number of ether oxygens (including phenoxy) is 3. The zero-order chi connectivity index (χ0) is 21.6. The van der Waals surface area contributed by atoms with Crippen LogP contribution >= 0.6 is 0 Å². The summed E-state index contributed by atoms with van der Waals surface area (Å²) in [5.41, 5.74) is 0.718. The molecular weight excluding hydrogens is 398 g/mol. The molecule has 1 saturated heterocycles. The number of aliphatic hydroxyl groups excluding tert-OH is 1. The second-order valence-electron chi connectivity index (χ2n) is 7.88. The number of amides is 2. The van der Waals surface area contributed by atoms with Crippen LogP contribution in [-0.4, -0.2) is 67.6 Å². The number of fused-ring (bicyclic) bond motifs is 1. The van der Waals surface area contributed by atoms with E-state index in [1.165, 1.54) is 0 Å². The number of para-hydroxylation sites is 2. The summed E-state index contributed by atoms with van der Waals surface area (Å²) in [6, 6.07) is 14.6. The SMILES string of the molecule is COc1ccc(NC(=O)NC2CCN(CC(O)C3COc4ccccc4O3)CC2)cc1. The lowest BCUT2D eigenvalue weighted by Crippen LogP contribution is -2.50. The second-order valence-corrected chi connectivity index (χ2v) is 7.88. The van der Waals surface area contributed by atoms with Crippen molar-refractivity contribution in [3.63, 3.8) is 0 Å². The highest BCUT2D eigenvalue weighted by Gasteiger charge is 2.30. The number of urea groups is 1. The van der Waals surface area contributed by atoms with E-state index in [0.29, 0.717) is 24.7 Å². The van der Waals surface area contributed by atoms with Gasteiger partial charge in [-0.05, 0) is 49.2 Å². The zero-order valence-electron chi connectivity index (χ0n) is 17.6. The molecule has 31 heavy (non-hydrogen) atoms. The van der Waals surface area contributed by atoms with Crippen LogP contribution in [0.2, 0.25) is 0 Å². The third-order valence-electron chi connectivity index (χ3n) is 5.68. The first-order valence-corrected chi connectivity index (χ1v) is 10.6. The van der Waals surface area contributed by atoms with E-state index >= 15 is 0 Å². The largest absolute Gasteiger partial charge is 0.497 e. The van der Waals surface area contributed by atoms with Gasteiger partial charge in [0.25, 0.3) is 0 Å². The first-order chi connectivity index (χ1) is 15.1. The van der Waals surface area contributed by atoms with Gasteiger partial charge in [0.05, 0.1) is 7.11 Å². The first kappa shape index (κ1) is 21.3. The Bertz CT molecular complexity index is 868. The molecule has 1 fully saturated rings. The van der Waals surface area contributed by atoms with Crippen molar-refractivity contribution < 1.29 is 24.1 Å². The van der Waals surface area contributed by atoms with E-state index < -0.39 is 6.10 Å². The van der Waals surface area contributed by atoms with Crippen LogP contribution in [0.4, 0.5) is 10.5 Å². The van der Waals surface area contributed by atoms with Crippen LogP contribution < -0.4 is 24.8 Å². The number of carbonyl (C=O) groups excluding carboxylic acids is 1. The van der Waals surface area contributed by atoms with Gasteiger partial charge in [-0.25, -0.2) is 4.79 Å². The molecule has 2 heterocycles. The molecule has 2 aromatic rings. The fourth-order valence-electron chi connectivity index (χ4n) is 3.89. The fraction of sp³-hybridized carbons (Fsp3) is 0.435. The molecule has 2 unspecified atom stereocenters. The molecule has 3 N–H and O–H groups in total. The number of hydrogen-bond acceptors (Lipinski definition) is 6. The van der Waals surface area contributed by atoms with Crippen molar-refractivity contribution in [2.45, 2.75) is 31.1 Å². The van der Waals surface area contributed by atoms with Crippen LogP contribution in [0.15, 0.2) is 48.5 Å². The molecule has 0 spiro atoms. The molecule has 2 atom stereocenters. The standard InChI is InChI=1S/C23H29N3O5/c1-29-18-8-6-16(7-9-18)24-23(28)25-17-10-12-26(13-11-17)14-19(27)22-15-30-20-4-2-3-5-21(20)31-22/h2-9,17,19,22,27H,10-15H2,1H3,(H2,24,25,28). The summed E-state index contributed by atoms with van der Waals surface area (Å²) in [4.78, 5) is 14.5. The molecule has 0 radical (unpaired) electrons. The van der Waals surface area contributed by atoms with Crippen LogP contribution in [0, 0.1) is 0 Å². The van der Waals surface area contributed by atoms with Crippen molar-refractivity contribution in [1.29, 1.82) is 0 Å². The number of nitrogens with one attached hydrogen (secondary N) is 2. The number of hydrogen-bond donors (Lipinski definition) is 3. The third-order valence-corrected chi connectivity index (χ3v) is 5.68. The van der Waals surface area contributed by atoms with E-state index in [4.69, 9.17) is 14.2 Å². The van der Waals surface area contributed by atoms with Crippen molar-refractivity contribution in [2.24, 2.45) is 0 Å². The molecule has 0 aliphatic carbocycles. The molecule has 166 valence electrons. The Balaban J connectivity index is 1.18. The average molecular weight is 428 g/mol. The number of anilines is 1. The Hall–Kier alpha value is -2.97. The van der Waals surface area contributed by atoms with E-state index in [0.717, 1.165) is 37.4 Å². The van der Waals surface area contributed by atoms with Crippen molar-refractivity contribution in [3.8, 4) is 17.2 Å². The molecule has 0 bridgehead atoms. The van der Waals surface area contributed by atoms with Gasteiger partial charge in [0, 0.05) is 31.4 Å². The topological polar surface area (TPSA) is 92.3 Å². The zero-order valence-corrected chi connectivity index (χ0v) is 17.6. The highest BCUT2D eigenvalue weighted by molar-refractivity contribution is 5.89. The predicted octanol–water partition coefficient (Wildman–Crippen LogP) is 2.48. The molecule has 2 aliphatic rings. The molecule has 8 nitrogen and oxygen atoms in total. The number of methoxy groups -OCH3 is 1. The van der Waals surface area contributed by atoms with Crippen LogP contribution in [0.1, 0.15) is 12.8 Å². The van der Waals surface area contributed by atoms with Crippen LogP contribution in [-0.2, 0) is 0 Å². The third kappa shape index (κ3) is 5.59. The molecule has 0 saturated carbocycles. The van der Waals surface area contributed by atoms with Crippen molar-refractivity contribution in [2.75, 3.05) is 38.7 Å². The number of piperidine rings is 1. The summed E-state index contributed by atoms with van der Waals surface area (Å²) in [5, 5.41) is 16.5. The summed E-state index contributed by atoms with van der Waals surface area (Å²) in [6.07, 6.45) is 0.624. The van der Waals surface area contributed by atoms with Gasteiger partial charge in [0.15, 0.2) is 17.6 Å². The van der Waals surface area contributed by atoms with E-state index in [9.17, 15) is 9.90 Å². The minimum atomic E-state index is -0.642. The normalized spacial score (nSPS) is 20.0. The summed E-state index contributed by atoms with van der Waals surface area (Å²) < 4.78 is 16.7. The van der Waals surface area contributed by atoms with Crippen molar-refractivity contribution in [1.82, 2.24) is 10.2 Å². The number of β-amino-alcohol motifs (C(OH)–C–C–N with tert-alkyl or cyclic N) is 1. The molecule has 2 aliphatic heterocycles. The summed E-state index contributed by atoms with van der Waals surface area (Å²) in [7, 11) is 1.61. The van der Waals surface area contributed by atoms with Crippen LogP contribution in [0.25, 0.3) is 0 Å². The average Bonchev–Trinajstić information content (AvgIpc) is 2.80. The number of benzene rings is 2. The molecule has 4 rings (SSSR count). The number of aliphatic hydroxyl groups is 1.